The molecule has 120 valence electrons. The van der Waals surface area contributed by atoms with E-state index in [4.69, 9.17) is 11.6 Å². The second-order valence-corrected chi connectivity index (χ2v) is 5.82. The van der Waals surface area contributed by atoms with Gasteiger partial charge in [0.05, 0.1) is 0 Å². The topological polar surface area (TPSA) is 48.5 Å². The van der Waals surface area contributed by atoms with E-state index in [0.717, 1.165) is 24.5 Å². The Morgan fingerprint density at radius 1 is 1.09 bits per heavy atom. The third-order valence-corrected chi connectivity index (χ3v) is 4.30. The van der Waals surface area contributed by atoms with Crippen LogP contribution in [0.15, 0.2) is 48.7 Å². The summed E-state index contributed by atoms with van der Waals surface area (Å²) in [7, 11) is 0. The minimum atomic E-state index is -0.0504. The molecule has 1 aromatic heterocycles. The van der Waals surface area contributed by atoms with Crippen LogP contribution in [0.5, 0.6) is 0 Å². The molecule has 3 rings (SSSR count). The third kappa shape index (κ3) is 3.93. The van der Waals surface area contributed by atoms with Crippen molar-refractivity contribution in [1.82, 2.24) is 15.2 Å². The van der Waals surface area contributed by atoms with E-state index < -0.39 is 0 Å². The molecule has 0 saturated carbocycles. The Labute approximate surface area is 140 Å². The number of rotatable bonds is 3. The lowest BCUT2D eigenvalue weighted by Crippen LogP contribution is -2.51. The quantitative estimate of drug-likeness (QED) is 0.941. The summed E-state index contributed by atoms with van der Waals surface area (Å²) in [5, 5.41) is 3.61. The average Bonchev–Trinajstić information content (AvgIpc) is 2.62. The summed E-state index contributed by atoms with van der Waals surface area (Å²) < 4.78 is 0. The molecule has 0 aliphatic carbocycles. The smallest absolute Gasteiger partial charge is 0.317 e. The lowest BCUT2D eigenvalue weighted by molar-refractivity contribution is 0.194. The van der Waals surface area contributed by atoms with Crippen molar-refractivity contribution in [3.8, 4) is 0 Å². The van der Waals surface area contributed by atoms with E-state index in [1.54, 1.807) is 6.20 Å². The van der Waals surface area contributed by atoms with Crippen LogP contribution in [-0.4, -0.2) is 42.1 Å². The molecule has 5 nitrogen and oxygen atoms in total. The molecule has 2 aromatic rings. The number of hydrogen-bond acceptors (Lipinski definition) is 3. The number of carbonyl (C=O) groups is 1. The SMILES string of the molecule is O=C(NCc1ccccc1Cl)N1CCN(c2ccccn2)CC1. The van der Waals surface area contributed by atoms with Gasteiger partial charge in [0.15, 0.2) is 0 Å². The lowest BCUT2D eigenvalue weighted by atomic mass is 10.2. The molecule has 0 radical (unpaired) electrons. The number of amides is 2. The van der Waals surface area contributed by atoms with Gasteiger partial charge in [0.2, 0.25) is 0 Å². The number of piperazine rings is 1. The van der Waals surface area contributed by atoms with Crippen LogP contribution >= 0.6 is 11.6 Å². The van der Waals surface area contributed by atoms with Gasteiger partial charge < -0.3 is 15.1 Å². The molecule has 23 heavy (non-hydrogen) atoms. The predicted octanol–water partition coefficient (Wildman–Crippen LogP) is 2.77. The summed E-state index contributed by atoms with van der Waals surface area (Å²) in [6, 6.07) is 13.4. The molecule has 2 amide bonds. The zero-order chi connectivity index (χ0) is 16.1. The van der Waals surface area contributed by atoms with Crippen LogP contribution in [0.1, 0.15) is 5.56 Å². The standard InChI is InChI=1S/C17H19ClN4O/c18-15-6-2-1-5-14(15)13-20-17(23)22-11-9-21(10-12-22)16-7-3-4-8-19-16/h1-8H,9-13H2,(H,20,23). The molecule has 1 N–H and O–H groups in total. The highest BCUT2D eigenvalue weighted by molar-refractivity contribution is 6.31. The van der Waals surface area contributed by atoms with E-state index in [9.17, 15) is 4.79 Å². The summed E-state index contributed by atoms with van der Waals surface area (Å²) in [5.41, 5.74) is 0.926. The normalized spacial score (nSPS) is 14.7. The van der Waals surface area contributed by atoms with Gasteiger partial charge in [0.1, 0.15) is 5.82 Å². The first-order chi connectivity index (χ1) is 11.2. The Balaban J connectivity index is 1.50. The zero-order valence-corrected chi connectivity index (χ0v) is 13.5. The number of halogens is 1. The van der Waals surface area contributed by atoms with Crippen molar-refractivity contribution in [1.29, 1.82) is 0 Å². The second kappa shape index (κ2) is 7.33. The Bertz CT molecular complexity index is 657. The maximum Gasteiger partial charge on any atom is 0.317 e. The summed E-state index contributed by atoms with van der Waals surface area (Å²) >= 11 is 6.10. The Morgan fingerprint density at radius 2 is 1.83 bits per heavy atom. The minimum Gasteiger partial charge on any atom is -0.353 e. The van der Waals surface area contributed by atoms with Gasteiger partial charge in [-0.3, -0.25) is 0 Å². The fourth-order valence-electron chi connectivity index (χ4n) is 2.60. The molecule has 1 fully saturated rings. The zero-order valence-electron chi connectivity index (χ0n) is 12.8. The first-order valence-electron chi connectivity index (χ1n) is 7.66. The molecule has 1 aliphatic rings. The van der Waals surface area contributed by atoms with Crippen LogP contribution in [0.25, 0.3) is 0 Å². The molecule has 0 atom stereocenters. The second-order valence-electron chi connectivity index (χ2n) is 5.41. The Morgan fingerprint density at radius 3 is 2.52 bits per heavy atom. The van der Waals surface area contributed by atoms with Crippen molar-refractivity contribution < 1.29 is 4.79 Å². The number of aromatic nitrogens is 1. The van der Waals surface area contributed by atoms with Gasteiger partial charge in [-0.2, -0.15) is 0 Å². The third-order valence-electron chi connectivity index (χ3n) is 3.93. The van der Waals surface area contributed by atoms with Gasteiger partial charge in [-0.15, -0.1) is 0 Å². The van der Waals surface area contributed by atoms with E-state index in [1.807, 2.05) is 47.4 Å². The highest BCUT2D eigenvalue weighted by atomic mass is 35.5. The number of hydrogen-bond donors (Lipinski definition) is 1. The van der Waals surface area contributed by atoms with Gasteiger partial charge in [-0.05, 0) is 23.8 Å². The van der Waals surface area contributed by atoms with E-state index in [2.05, 4.69) is 15.2 Å². The summed E-state index contributed by atoms with van der Waals surface area (Å²) in [6.07, 6.45) is 1.79. The Kier molecular flexibility index (Phi) is 4.98. The maximum atomic E-state index is 12.3. The van der Waals surface area contributed by atoms with Crippen LogP contribution in [0.4, 0.5) is 10.6 Å². The highest BCUT2D eigenvalue weighted by Crippen LogP contribution is 2.15. The van der Waals surface area contributed by atoms with E-state index in [1.165, 1.54) is 0 Å². The van der Waals surface area contributed by atoms with Crippen molar-refractivity contribution in [3.63, 3.8) is 0 Å². The summed E-state index contributed by atoms with van der Waals surface area (Å²) in [6.45, 7) is 3.39. The highest BCUT2D eigenvalue weighted by Gasteiger charge is 2.21. The molecule has 1 aromatic carbocycles. The van der Waals surface area contributed by atoms with E-state index in [0.29, 0.717) is 24.7 Å². The van der Waals surface area contributed by atoms with Crippen molar-refractivity contribution in [3.05, 3.63) is 59.2 Å². The summed E-state index contributed by atoms with van der Waals surface area (Å²) in [5.74, 6) is 0.962. The van der Waals surface area contributed by atoms with Crippen LogP contribution in [-0.2, 0) is 6.54 Å². The molecule has 6 heteroatoms. The Hall–Kier alpha value is -2.27. The predicted molar refractivity (Wildman–Crippen MR) is 91.7 cm³/mol. The van der Waals surface area contributed by atoms with Gasteiger partial charge in [0, 0.05) is 43.9 Å². The molecule has 1 saturated heterocycles. The molecule has 0 spiro atoms. The molecule has 0 bridgehead atoms. The fraction of sp³-hybridized carbons (Fsp3) is 0.294. The van der Waals surface area contributed by atoms with Crippen molar-refractivity contribution in [2.75, 3.05) is 31.1 Å². The van der Waals surface area contributed by atoms with E-state index >= 15 is 0 Å². The fourth-order valence-corrected chi connectivity index (χ4v) is 2.81. The van der Waals surface area contributed by atoms with Gasteiger partial charge in [0.25, 0.3) is 0 Å². The van der Waals surface area contributed by atoms with Gasteiger partial charge in [-0.1, -0.05) is 35.9 Å². The van der Waals surface area contributed by atoms with Crippen molar-refractivity contribution in [2.45, 2.75) is 6.54 Å². The van der Waals surface area contributed by atoms with Crippen LogP contribution in [0.2, 0.25) is 5.02 Å². The number of nitrogens with zero attached hydrogens (tertiary/aromatic N) is 3. The van der Waals surface area contributed by atoms with Crippen LogP contribution in [0.3, 0.4) is 0 Å². The minimum absolute atomic E-state index is 0.0504. The van der Waals surface area contributed by atoms with Crippen molar-refractivity contribution in [2.24, 2.45) is 0 Å². The first kappa shape index (κ1) is 15.6. The number of carbonyl (C=O) groups excluding carboxylic acids is 1. The summed E-state index contributed by atoms with van der Waals surface area (Å²) in [4.78, 5) is 20.6. The van der Waals surface area contributed by atoms with Gasteiger partial charge in [-0.25, -0.2) is 9.78 Å². The number of nitrogens with one attached hydrogen (secondary N) is 1. The molecule has 1 aliphatic heterocycles. The molecule has 0 unspecified atom stereocenters. The largest absolute Gasteiger partial charge is 0.353 e. The number of urea groups is 1. The molecular weight excluding hydrogens is 312 g/mol. The number of benzene rings is 1. The number of anilines is 1. The monoisotopic (exact) mass is 330 g/mol. The van der Waals surface area contributed by atoms with E-state index in [-0.39, 0.29) is 6.03 Å². The maximum absolute atomic E-state index is 12.3. The lowest BCUT2D eigenvalue weighted by Gasteiger charge is -2.35. The molecule has 2 heterocycles. The average molecular weight is 331 g/mol. The van der Waals surface area contributed by atoms with Gasteiger partial charge >= 0.3 is 6.03 Å². The first-order valence-corrected chi connectivity index (χ1v) is 8.04. The van der Waals surface area contributed by atoms with Crippen LogP contribution < -0.4 is 10.2 Å². The van der Waals surface area contributed by atoms with Crippen LogP contribution in [0, 0.1) is 0 Å². The number of pyridine rings is 1. The molecular formula is C17H19ClN4O. The van der Waals surface area contributed by atoms with Crippen molar-refractivity contribution >= 4 is 23.4 Å².